The van der Waals surface area contributed by atoms with Crippen LogP contribution in [0.15, 0.2) is 102 Å². The van der Waals surface area contributed by atoms with Gasteiger partial charge in [-0.1, -0.05) is 24.3 Å². The van der Waals surface area contributed by atoms with Crippen molar-refractivity contribution in [1.82, 2.24) is 32.6 Å². The Bertz CT molecular complexity index is 3080. The number of hydrogen-bond donors (Lipinski definition) is 2. The van der Waals surface area contributed by atoms with Crippen molar-refractivity contribution >= 4 is 65.8 Å². The Balaban J connectivity index is 0.968. The van der Waals surface area contributed by atoms with Crippen molar-refractivity contribution in [1.29, 1.82) is 0 Å². The van der Waals surface area contributed by atoms with Gasteiger partial charge in [0.1, 0.15) is 0 Å². The normalized spacial score (nSPS) is 12.3. The van der Waals surface area contributed by atoms with Gasteiger partial charge in [-0.25, -0.2) is 9.59 Å². The molecule has 2 N–H and O–H groups in total. The molecular weight excluding hydrogens is 763 g/mol. The van der Waals surface area contributed by atoms with Gasteiger partial charge in [0.25, 0.3) is 11.1 Å². The molecule has 0 bridgehead atoms. The van der Waals surface area contributed by atoms with Crippen LogP contribution in [0.4, 0.5) is 11.4 Å². The quantitative estimate of drug-likeness (QED) is 0.0842. The van der Waals surface area contributed by atoms with E-state index in [1.54, 1.807) is 72.8 Å². The molecule has 15 nitrogen and oxygen atoms in total. The van der Waals surface area contributed by atoms with E-state index in [0.717, 1.165) is 25.9 Å². The average Bonchev–Trinajstić information content (AvgIpc) is 3.23. The van der Waals surface area contributed by atoms with Gasteiger partial charge in [-0.05, 0) is 110 Å². The number of para-hydroxylation sites is 2. The number of pyridine rings is 2. The first-order chi connectivity index (χ1) is 28.9. The molecule has 4 aromatic carbocycles. The fraction of sp³-hybridized carbons (Fsp3) is 0.333. The van der Waals surface area contributed by atoms with Crippen molar-refractivity contribution in [2.24, 2.45) is 0 Å². The van der Waals surface area contributed by atoms with Crippen LogP contribution in [0, 0.1) is 0 Å². The molecule has 8 aromatic rings. The highest BCUT2D eigenvalue weighted by molar-refractivity contribution is 6.08. The number of rotatable bonds is 16. The first kappa shape index (κ1) is 40.4. The number of likely N-dealkylation sites (N-methyl/N-ethyl adjacent to an activating group) is 2. The summed E-state index contributed by atoms with van der Waals surface area (Å²) in [7, 11) is 9.56. The molecular formula is C45H49N9O6. The summed E-state index contributed by atoms with van der Waals surface area (Å²) in [6.07, 6.45) is 1.49. The zero-order valence-corrected chi connectivity index (χ0v) is 34.6. The Labute approximate surface area is 343 Å². The highest BCUT2D eigenvalue weighted by Gasteiger charge is 2.23. The molecule has 0 saturated carbocycles. The number of nitrogens with zero attached hydrogens (tertiary/aromatic N) is 7. The average molecular weight is 812 g/mol. The van der Waals surface area contributed by atoms with Gasteiger partial charge in [0.15, 0.2) is 10.9 Å². The van der Waals surface area contributed by atoms with Gasteiger partial charge >= 0.3 is 11.4 Å². The first-order valence-electron chi connectivity index (χ1n) is 20.3. The van der Waals surface area contributed by atoms with Crippen molar-refractivity contribution in [3.63, 3.8) is 0 Å². The molecule has 4 heterocycles. The van der Waals surface area contributed by atoms with Crippen LogP contribution in [0.3, 0.4) is 0 Å². The van der Waals surface area contributed by atoms with Crippen LogP contribution >= 0.6 is 0 Å². The second kappa shape index (κ2) is 16.3. The van der Waals surface area contributed by atoms with Crippen molar-refractivity contribution in [2.75, 3.05) is 85.1 Å². The lowest BCUT2D eigenvalue weighted by atomic mass is 10.0. The van der Waals surface area contributed by atoms with Gasteiger partial charge in [-0.3, -0.25) is 37.1 Å². The topological polar surface area (TPSA) is 155 Å². The number of fused-ring (bicyclic) bond motifs is 4. The molecule has 0 aliphatic rings. The minimum Gasteiger partial charge on any atom is -0.384 e. The largest absolute Gasteiger partial charge is 0.384 e. The van der Waals surface area contributed by atoms with Gasteiger partial charge in [-0.15, -0.1) is 0 Å². The second-order valence-electron chi connectivity index (χ2n) is 16.1. The highest BCUT2D eigenvalue weighted by Crippen LogP contribution is 2.28. The Morgan fingerprint density at radius 1 is 0.483 bits per heavy atom. The minimum atomic E-state index is -0.471. The molecule has 0 amide bonds. The lowest BCUT2D eigenvalue weighted by Crippen LogP contribution is -2.40. The summed E-state index contributed by atoms with van der Waals surface area (Å²) in [5.74, 6) is 0. The van der Waals surface area contributed by atoms with E-state index >= 15 is 0 Å². The van der Waals surface area contributed by atoms with E-state index in [1.165, 1.54) is 17.9 Å². The highest BCUT2D eigenvalue weighted by atomic mass is 16.2. The van der Waals surface area contributed by atoms with E-state index in [2.05, 4.69) is 15.5 Å². The summed E-state index contributed by atoms with van der Waals surface area (Å²) < 4.78 is 5.51. The standard InChI is InChI=1S/C45H49N9O6/c1-48(2)24-26-51-42(57)30-16-18-32(36-38(30)53(44(51)59)34-14-8-6-12-28(34)40(36)55)46-20-10-22-50(5)23-11-21-47-33-19-17-31-39-37(33)41(56)29-13-7-9-15-35(29)54(39)45(60)52(43(31)58)27-25-49(3)4/h6-9,12-19,46-47H,10-11,20-27H2,1-5H3. The van der Waals surface area contributed by atoms with E-state index in [-0.39, 0.29) is 23.9 Å². The monoisotopic (exact) mass is 811 g/mol. The maximum Gasteiger partial charge on any atom is 0.336 e. The van der Waals surface area contributed by atoms with Gasteiger partial charge < -0.3 is 25.3 Å². The lowest BCUT2D eigenvalue weighted by molar-refractivity contribution is 0.331. The molecule has 0 unspecified atom stereocenters. The fourth-order valence-corrected chi connectivity index (χ4v) is 8.33. The molecule has 0 saturated heterocycles. The molecule has 60 heavy (non-hydrogen) atoms. The van der Waals surface area contributed by atoms with Gasteiger partial charge in [0.2, 0.25) is 0 Å². The molecule has 0 fully saturated rings. The third-order valence-electron chi connectivity index (χ3n) is 11.4. The van der Waals surface area contributed by atoms with E-state index in [9.17, 15) is 28.8 Å². The summed E-state index contributed by atoms with van der Waals surface area (Å²) in [4.78, 5) is 89.0. The van der Waals surface area contributed by atoms with Crippen molar-refractivity contribution in [2.45, 2.75) is 25.9 Å². The summed E-state index contributed by atoms with van der Waals surface area (Å²) in [6.45, 7) is 4.04. The Kier molecular flexibility index (Phi) is 11.0. The molecule has 4 aromatic heterocycles. The second-order valence-corrected chi connectivity index (χ2v) is 16.1. The summed E-state index contributed by atoms with van der Waals surface area (Å²) in [5, 5.41) is 8.93. The van der Waals surface area contributed by atoms with E-state index in [4.69, 9.17) is 0 Å². The van der Waals surface area contributed by atoms with Crippen LogP contribution in [0.25, 0.3) is 54.4 Å². The van der Waals surface area contributed by atoms with Crippen LogP contribution in [0.5, 0.6) is 0 Å². The van der Waals surface area contributed by atoms with Crippen LogP contribution < -0.4 is 44.0 Å². The van der Waals surface area contributed by atoms with Crippen LogP contribution in [-0.4, -0.2) is 107 Å². The zero-order chi connectivity index (χ0) is 42.4. The molecule has 310 valence electrons. The first-order valence-corrected chi connectivity index (χ1v) is 20.3. The molecule has 0 aliphatic carbocycles. The van der Waals surface area contributed by atoms with E-state index < -0.39 is 22.5 Å². The third kappa shape index (κ3) is 6.97. The number of anilines is 2. The van der Waals surface area contributed by atoms with Crippen LogP contribution in [0.2, 0.25) is 0 Å². The number of hydrogen-bond acceptors (Lipinski definition) is 11. The maximum atomic E-state index is 14.0. The fourth-order valence-electron chi connectivity index (χ4n) is 8.33. The summed E-state index contributed by atoms with van der Waals surface area (Å²) in [6, 6.07) is 20.9. The Hall–Kier alpha value is -6.42. The van der Waals surface area contributed by atoms with E-state index in [0.29, 0.717) is 91.9 Å². The number of benzene rings is 4. The molecule has 8 rings (SSSR count). The lowest BCUT2D eigenvalue weighted by Gasteiger charge is -2.19. The molecule has 0 atom stereocenters. The van der Waals surface area contributed by atoms with Gasteiger partial charge in [0.05, 0.1) is 43.6 Å². The molecule has 0 spiro atoms. The van der Waals surface area contributed by atoms with Crippen molar-refractivity contribution in [3.8, 4) is 0 Å². The minimum absolute atomic E-state index is 0.221. The SMILES string of the molecule is CN(C)CCn1c(=O)c2ccc(NCCCN(C)CCCNc3ccc4c(=O)n(CCN(C)C)c(=O)n5c6ccccc6c(=O)c3c45)c3c(=O)c4ccccc4n(c1=O)c23. The van der Waals surface area contributed by atoms with Gasteiger partial charge in [-0.2, -0.15) is 0 Å². The van der Waals surface area contributed by atoms with Crippen molar-refractivity contribution < 1.29 is 0 Å². The zero-order valence-electron chi connectivity index (χ0n) is 34.6. The van der Waals surface area contributed by atoms with E-state index in [1.807, 2.05) is 45.0 Å². The molecule has 15 heteroatoms. The van der Waals surface area contributed by atoms with Crippen LogP contribution in [-0.2, 0) is 13.1 Å². The smallest absolute Gasteiger partial charge is 0.336 e. The molecule has 0 radical (unpaired) electrons. The Morgan fingerprint density at radius 3 is 1.28 bits per heavy atom. The third-order valence-corrected chi connectivity index (χ3v) is 11.4. The number of nitrogens with one attached hydrogen (secondary N) is 2. The predicted molar refractivity (Wildman–Crippen MR) is 242 cm³/mol. The molecule has 0 aliphatic heterocycles. The van der Waals surface area contributed by atoms with Crippen LogP contribution in [0.1, 0.15) is 12.8 Å². The van der Waals surface area contributed by atoms with Crippen molar-refractivity contribution in [3.05, 3.63) is 135 Å². The van der Waals surface area contributed by atoms with Gasteiger partial charge in [0, 0.05) is 61.4 Å². The maximum absolute atomic E-state index is 14.0. The Morgan fingerprint density at radius 2 is 0.883 bits per heavy atom. The summed E-state index contributed by atoms with van der Waals surface area (Å²) >= 11 is 0. The number of aromatic nitrogens is 4. The summed E-state index contributed by atoms with van der Waals surface area (Å²) in [5.41, 5.74) is 0.493. The predicted octanol–water partition coefficient (Wildman–Crippen LogP) is 2.80.